The number of carbonyl (C=O) groups excluding carboxylic acids is 1. The molecule has 0 atom stereocenters. The van der Waals surface area contributed by atoms with Crippen LogP contribution in [0.3, 0.4) is 0 Å². The Bertz CT molecular complexity index is 725. The van der Waals surface area contributed by atoms with Gasteiger partial charge in [0, 0.05) is 12.1 Å². The number of anilines is 2. The monoisotopic (exact) mass is 284 g/mol. The number of carbonyl (C=O) groups is 1. The molecule has 0 bridgehead atoms. The van der Waals surface area contributed by atoms with E-state index < -0.39 is 5.97 Å². The predicted molar refractivity (Wildman–Crippen MR) is 81.0 cm³/mol. The maximum absolute atomic E-state index is 11.2. The Labute approximate surface area is 122 Å². The van der Waals surface area contributed by atoms with Crippen molar-refractivity contribution in [1.82, 2.24) is 0 Å². The average Bonchev–Trinajstić information content (AvgIpc) is 2.45. The zero-order valence-corrected chi connectivity index (χ0v) is 11.9. The second-order valence-electron chi connectivity index (χ2n) is 5.98. The number of fused-ring (bicyclic) bond motifs is 3. The second-order valence-corrected chi connectivity index (χ2v) is 5.98. The van der Waals surface area contributed by atoms with E-state index in [2.05, 4.69) is 24.5 Å². The molecule has 3 rings (SSSR count). The van der Waals surface area contributed by atoms with Crippen LogP contribution in [0.1, 0.15) is 31.4 Å². The number of carboxylic acid groups (broad SMARTS) is 1. The summed E-state index contributed by atoms with van der Waals surface area (Å²) in [5.41, 5.74) is 3.56. The first-order valence-electron chi connectivity index (χ1n) is 6.83. The maximum Gasteiger partial charge on any atom is 0.338 e. The highest BCUT2D eigenvalue weighted by molar-refractivity contribution is 6.06. The lowest BCUT2D eigenvalue weighted by Gasteiger charge is -2.36. The van der Waals surface area contributed by atoms with Crippen LogP contribution in [-0.4, -0.2) is 23.6 Å². The quantitative estimate of drug-likeness (QED) is 0.690. The van der Waals surface area contributed by atoms with E-state index in [1.807, 2.05) is 12.1 Å². The molecule has 0 radical (unpaired) electrons. The summed E-state index contributed by atoms with van der Waals surface area (Å²) in [5.74, 6) is 0.541. The zero-order chi connectivity index (χ0) is 15.2. The van der Waals surface area contributed by atoms with Crippen LogP contribution in [0.4, 0.5) is 11.4 Å². The van der Waals surface area contributed by atoms with Gasteiger partial charge in [0.2, 0.25) is 0 Å². The Morgan fingerprint density at radius 1 is 1.33 bits per heavy atom. The fourth-order valence-electron chi connectivity index (χ4n) is 2.93. The van der Waals surface area contributed by atoms with E-state index in [9.17, 15) is 9.59 Å². The second kappa shape index (κ2) is 4.50. The van der Waals surface area contributed by atoms with Gasteiger partial charge in [0.05, 0.1) is 16.9 Å². The summed E-state index contributed by atoms with van der Waals surface area (Å²) in [7, 11) is 0. The van der Waals surface area contributed by atoms with Gasteiger partial charge in [0.15, 0.2) is 5.94 Å². The van der Waals surface area contributed by atoms with Gasteiger partial charge in [0.1, 0.15) is 5.70 Å². The van der Waals surface area contributed by atoms with Gasteiger partial charge < -0.3 is 15.7 Å². The van der Waals surface area contributed by atoms with Gasteiger partial charge >= 0.3 is 5.97 Å². The van der Waals surface area contributed by atoms with Crippen LogP contribution in [0.5, 0.6) is 0 Å². The first kappa shape index (κ1) is 13.5. The molecule has 2 aliphatic rings. The Kier molecular flexibility index (Phi) is 2.88. The molecular formula is C16H16N2O3. The largest absolute Gasteiger partial charge is 0.478 e. The van der Waals surface area contributed by atoms with E-state index in [-0.39, 0.29) is 16.7 Å². The molecule has 0 spiro atoms. The summed E-state index contributed by atoms with van der Waals surface area (Å²) >= 11 is 0. The van der Waals surface area contributed by atoms with Crippen LogP contribution >= 0.6 is 0 Å². The highest BCUT2D eigenvalue weighted by atomic mass is 16.4. The zero-order valence-electron chi connectivity index (χ0n) is 11.9. The van der Waals surface area contributed by atoms with E-state index >= 15 is 0 Å². The Balaban J connectivity index is 2.23. The van der Waals surface area contributed by atoms with Crippen molar-refractivity contribution in [3.05, 3.63) is 34.5 Å². The lowest BCUT2D eigenvalue weighted by molar-refractivity contribution is -0.132. The van der Waals surface area contributed by atoms with Gasteiger partial charge in [-0.25, -0.2) is 9.59 Å². The molecule has 1 aromatic rings. The molecule has 108 valence electrons. The van der Waals surface area contributed by atoms with Crippen molar-refractivity contribution in [2.75, 3.05) is 17.2 Å². The number of rotatable bonds is 1. The number of hydrogen-bond donors (Lipinski definition) is 3. The van der Waals surface area contributed by atoms with Crippen molar-refractivity contribution in [1.29, 1.82) is 0 Å². The van der Waals surface area contributed by atoms with E-state index in [1.54, 1.807) is 5.94 Å². The van der Waals surface area contributed by atoms with Crippen molar-refractivity contribution in [2.45, 2.75) is 25.7 Å². The summed E-state index contributed by atoms with van der Waals surface area (Å²) in [4.78, 5) is 22.2. The minimum absolute atomic E-state index is 0.0337. The Morgan fingerprint density at radius 3 is 2.76 bits per heavy atom. The van der Waals surface area contributed by atoms with Gasteiger partial charge in [-0.1, -0.05) is 26.0 Å². The van der Waals surface area contributed by atoms with Crippen LogP contribution in [0.15, 0.2) is 23.4 Å². The summed E-state index contributed by atoms with van der Waals surface area (Å²) < 4.78 is 0. The normalized spacial score (nSPS) is 18.4. The smallest absolute Gasteiger partial charge is 0.338 e. The van der Waals surface area contributed by atoms with Crippen LogP contribution in [0, 0.1) is 0 Å². The Hall–Kier alpha value is -2.52. The first-order chi connectivity index (χ1) is 9.94. The van der Waals surface area contributed by atoms with E-state index in [1.165, 1.54) is 6.08 Å². The summed E-state index contributed by atoms with van der Waals surface area (Å²) in [6, 6.07) is 3.91. The number of nitrogens with one attached hydrogen (secondary N) is 2. The number of benzene rings is 1. The van der Waals surface area contributed by atoms with Crippen molar-refractivity contribution < 1.29 is 14.7 Å². The molecule has 5 nitrogen and oxygen atoms in total. The topological polar surface area (TPSA) is 78.4 Å². The fourth-order valence-corrected chi connectivity index (χ4v) is 2.93. The van der Waals surface area contributed by atoms with Gasteiger partial charge in [-0.2, -0.15) is 0 Å². The van der Waals surface area contributed by atoms with Crippen LogP contribution in [0.25, 0.3) is 6.08 Å². The predicted octanol–water partition coefficient (Wildman–Crippen LogP) is 2.39. The fraction of sp³-hybridized carbons (Fsp3) is 0.312. The lowest BCUT2D eigenvalue weighted by Crippen LogP contribution is -2.29. The van der Waals surface area contributed by atoms with Gasteiger partial charge in [-0.15, -0.1) is 0 Å². The molecule has 2 heterocycles. The number of hydrogen-bond acceptors (Lipinski definition) is 4. The third-order valence-electron chi connectivity index (χ3n) is 4.17. The molecule has 0 aliphatic carbocycles. The molecule has 3 N–H and O–H groups in total. The standard InChI is InChI=1S/C16H16N2O3/c1-16(2)5-6-17-14-11(16)4-3-9-7-10(15(20)21)12(8-19)18-13(9)14/h3-4,7,17-18H,5-6H2,1-2H3,(H,20,21). The maximum atomic E-state index is 11.2. The van der Waals surface area contributed by atoms with Crippen molar-refractivity contribution in [2.24, 2.45) is 0 Å². The molecule has 1 aromatic carbocycles. The van der Waals surface area contributed by atoms with Gasteiger partial charge in [-0.3, -0.25) is 0 Å². The van der Waals surface area contributed by atoms with Crippen LogP contribution < -0.4 is 10.6 Å². The van der Waals surface area contributed by atoms with E-state index in [0.29, 0.717) is 0 Å². The highest BCUT2D eigenvalue weighted by Gasteiger charge is 2.32. The first-order valence-corrected chi connectivity index (χ1v) is 6.83. The minimum Gasteiger partial charge on any atom is -0.478 e. The number of carboxylic acids is 1. The molecule has 0 saturated heterocycles. The third-order valence-corrected chi connectivity index (χ3v) is 4.17. The SMILES string of the molecule is CC1(C)CCNc2c1ccc1c2NC(=C=O)C(C(=O)O)=C1. The average molecular weight is 284 g/mol. The van der Waals surface area contributed by atoms with Gasteiger partial charge in [0.25, 0.3) is 0 Å². The lowest BCUT2D eigenvalue weighted by atomic mass is 9.77. The Morgan fingerprint density at radius 2 is 2.10 bits per heavy atom. The molecule has 5 heteroatoms. The minimum atomic E-state index is -1.14. The molecule has 0 fully saturated rings. The van der Waals surface area contributed by atoms with E-state index in [4.69, 9.17) is 5.11 Å². The third kappa shape index (κ3) is 2.03. The highest BCUT2D eigenvalue weighted by Crippen LogP contribution is 2.44. The molecule has 2 aliphatic heterocycles. The molecular weight excluding hydrogens is 268 g/mol. The molecule has 0 aromatic heterocycles. The van der Waals surface area contributed by atoms with Gasteiger partial charge in [-0.05, 0) is 23.5 Å². The molecule has 0 unspecified atom stereocenters. The summed E-state index contributed by atoms with van der Waals surface area (Å²) in [6.45, 7) is 5.20. The number of aliphatic carboxylic acids is 1. The van der Waals surface area contributed by atoms with Crippen LogP contribution in [-0.2, 0) is 15.0 Å². The molecule has 0 amide bonds. The molecule has 21 heavy (non-hydrogen) atoms. The van der Waals surface area contributed by atoms with Crippen LogP contribution in [0.2, 0.25) is 0 Å². The molecule has 0 saturated carbocycles. The summed E-state index contributed by atoms with van der Waals surface area (Å²) in [5, 5.41) is 15.4. The van der Waals surface area contributed by atoms with Crippen molar-refractivity contribution in [3.63, 3.8) is 0 Å². The van der Waals surface area contributed by atoms with Crippen molar-refractivity contribution in [3.8, 4) is 0 Å². The van der Waals surface area contributed by atoms with Crippen molar-refractivity contribution >= 4 is 29.4 Å². The summed E-state index contributed by atoms with van der Waals surface area (Å²) in [6.07, 6.45) is 2.53. The van der Waals surface area contributed by atoms with E-state index in [0.717, 1.165) is 35.5 Å².